The van der Waals surface area contributed by atoms with Crippen molar-refractivity contribution < 1.29 is 4.39 Å². The number of H-pyrrole nitrogens is 1. The maximum absolute atomic E-state index is 13.6. The molecule has 2 heterocycles. The molecule has 0 aliphatic rings. The third-order valence-electron chi connectivity index (χ3n) is 3.19. The Morgan fingerprint density at radius 3 is 2.68 bits per heavy atom. The SMILES string of the molecule is Cc1cc2c(cc1F)[nH]c(=S)n2-c1cn(C)nc1C. The molecule has 1 aromatic carbocycles. The molecule has 0 fully saturated rings. The molecule has 6 heteroatoms. The number of halogens is 1. The van der Waals surface area contributed by atoms with Gasteiger partial charge in [0.2, 0.25) is 0 Å². The van der Waals surface area contributed by atoms with Crippen molar-refractivity contribution in [2.75, 3.05) is 0 Å². The van der Waals surface area contributed by atoms with E-state index in [1.54, 1.807) is 17.7 Å². The zero-order chi connectivity index (χ0) is 13.7. The number of nitrogens with zero attached hydrogens (tertiary/aromatic N) is 3. The lowest BCUT2D eigenvalue weighted by Gasteiger charge is -2.03. The van der Waals surface area contributed by atoms with Gasteiger partial charge >= 0.3 is 0 Å². The van der Waals surface area contributed by atoms with Crippen molar-refractivity contribution in [1.82, 2.24) is 19.3 Å². The van der Waals surface area contributed by atoms with Gasteiger partial charge < -0.3 is 4.98 Å². The summed E-state index contributed by atoms with van der Waals surface area (Å²) >= 11 is 5.34. The Kier molecular flexibility index (Phi) is 2.56. The topological polar surface area (TPSA) is 38.5 Å². The normalized spacial score (nSPS) is 11.4. The molecule has 0 atom stereocenters. The number of hydrogen-bond acceptors (Lipinski definition) is 2. The van der Waals surface area contributed by atoms with E-state index in [4.69, 9.17) is 12.2 Å². The number of aryl methyl sites for hydroxylation is 3. The lowest BCUT2D eigenvalue weighted by molar-refractivity contribution is 0.620. The monoisotopic (exact) mass is 276 g/mol. The summed E-state index contributed by atoms with van der Waals surface area (Å²) in [7, 11) is 1.86. The maximum atomic E-state index is 13.6. The van der Waals surface area contributed by atoms with Crippen LogP contribution < -0.4 is 0 Å². The highest BCUT2D eigenvalue weighted by Gasteiger charge is 2.13. The molecule has 0 amide bonds. The van der Waals surface area contributed by atoms with E-state index >= 15 is 0 Å². The number of aromatic amines is 1. The highest BCUT2D eigenvalue weighted by molar-refractivity contribution is 7.71. The van der Waals surface area contributed by atoms with E-state index in [0.29, 0.717) is 15.9 Å². The van der Waals surface area contributed by atoms with E-state index in [0.717, 1.165) is 16.9 Å². The van der Waals surface area contributed by atoms with E-state index in [2.05, 4.69) is 10.1 Å². The standard InChI is InChI=1S/C13H13FN4S/c1-7-4-11-10(5-9(7)14)15-13(19)18(11)12-6-17(3)16-8(12)2/h4-6H,1-3H3,(H,15,19). The molecule has 1 N–H and O–H groups in total. The fourth-order valence-corrected chi connectivity index (χ4v) is 2.58. The Morgan fingerprint density at radius 2 is 2.05 bits per heavy atom. The lowest BCUT2D eigenvalue weighted by Crippen LogP contribution is -1.95. The molecule has 0 spiro atoms. The molecule has 0 radical (unpaired) electrons. The first-order valence-electron chi connectivity index (χ1n) is 5.89. The number of nitrogens with one attached hydrogen (secondary N) is 1. The Bertz CT molecular complexity index is 840. The lowest BCUT2D eigenvalue weighted by atomic mass is 10.2. The molecule has 0 unspecified atom stereocenters. The highest BCUT2D eigenvalue weighted by atomic mass is 32.1. The molecule has 3 rings (SSSR count). The molecule has 98 valence electrons. The van der Waals surface area contributed by atoms with Crippen LogP contribution in [-0.4, -0.2) is 19.3 Å². The third-order valence-corrected chi connectivity index (χ3v) is 3.48. The molecule has 0 saturated carbocycles. The van der Waals surface area contributed by atoms with Crippen LogP contribution in [0, 0.1) is 24.4 Å². The van der Waals surface area contributed by atoms with Crippen molar-refractivity contribution in [2.45, 2.75) is 13.8 Å². The molecule has 19 heavy (non-hydrogen) atoms. The van der Waals surface area contributed by atoms with Gasteiger partial charge in [0.25, 0.3) is 0 Å². The Labute approximate surface area is 114 Å². The van der Waals surface area contributed by atoms with E-state index in [1.807, 2.05) is 24.7 Å². The summed E-state index contributed by atoms with van der Waals surface area (Å²) in [4.78, 5) is 3.03. The first kappa shape index (κ1) is 12.1. The number of fused-ring (bicyclic) bond motifs is 1. The van der Waals surface area contributed by atoms with Crippen LogP contribution >= 0.6 is 12.2 Å². The van der Waals surface area contributed by atoms with Gasteiger partial charge in [-0.25, -0.2) is 4.39 Å². The van der Waals surface area contributed by atoms with E-state index < -0.39 is 0 Å². The predicted octanol–water partition coefficient (Wildman–Crippen LogP) is 3.18. The van der Waals surface area contributed by atoms with Crippen molar-refractivity contribution in [3.05, 3.63) is 40.2 Å². The van der Waals surface area contributed by atoms with Crippen LogP contribution in [0.15, 0.2) is 18.3 Å². The fourth-order valence-electron chi connectivity index (χ4n) is 2.28. The Balaban J connectivity index is 2.41. The summed E-state index contributed by atoms with van der Waals surface area (Å²) in [6.45, 7) is 3.66. The third kappa shape index (κ3) is 1.79. The quantitative estimate of drug-likeness (QED) is 0.693. The number of imidazole rings is 1. The average molecular weight is 276 g/mol. The Morgan fingerprint density at radius 1 is 1.32 bits per heavy atom. The first-order chi connectivity index (χ1) is 8.97. The molecule has 3 aromatic rings. The molecule has 0 bridgehead atoms. The second-order valence-corrected chi connectivity index (χ2v) is 5.04. The van der Waals surface area contributed by atoms with Crippen LogP contribution in [-0.2, 0) is 7.05 Å². The minimum Gasteiger partial charge on any atom is -0.330 e. The van der Waals surface area contributed by atoms with Gasteiger partial charge in [0.15, 0.2) is 4.77 Å². The molecular weight excluding hydrogens is 263 g/mol. The summed E-state index contributed by atoms with van der Waals surface area (Å²) in [6, 6.07) is 3.27. The van der Waals surface area contributed by atoms with E-state index in [1.165, 1.54) is 6.07 Å². The minimum absolute atomic E-state index is 0.237. The molecule has 0 aliphatic carbocycles. The van der Waals surface area contributed by atoms with Crippen molar-refractivity contribution >= 4 is 23.3 Å². The van der Waals surface area contributed by atoms with Gasteiger partial charge in [-0.2, -0.15) is 5.10 Å². The largest absolute Gasteiger partial charge is 0.330 e. The van der Waals surface area contributed by atoms with Crippen molar-refractivity contribution in [3.8, 4) is 5.69 Å². The first-order valence-corrected chi connectivity index (χ1v) is 6.29. The van der Waals surface area contributed by atoms with Crippen LogP contribution in [0.5, 0.6) is 0 Å². The number of aromatic nitrogens is 4. The highest BCUT2D eigenvalue weighted by Crippen LogP contribution is 2.23. The Hall–Kier alpha value is -1.95. The van der Waals surface area contributed by atoms with Gasteiger partial charge in [0, 0.05) is 13.2 Å². The van der Waals surface area contributed by atoms with Gasteiger partial charge in [-0.15, -0.1) is 0 Å². The van der Waals surface area contributed by atoms with Crippen LogP contribution in [0.25, 0.3) is 16.7 Å². The predicted molar refractivity (Wildman–Crippen MR) is 74.7 cm³/mol. The maximum Gasteiger partial charge on any atom is 0.182 e. The molecule has 2 aromatic heterocycles. The van der Waals surface area contributed by atoms with Gasteiger partial charge in [-0.1, -0.05) is 0 Å². The zero-order valence-electron chi connectivity index (χ0n) is 10.9. The molecule has 4 nitrogen and oxygen atoms in total. The van der Waals surface area contributed by atoms with Gasteiger partial charge in [-0.3, -0.25) is 9.25 Å². The van der Waals surface area contributed by atoms with Crippen molar-refractivity contribution in [3.63, 3.8) is 0 Å². The van der Waals surface area contributed by atoms with Crippen molar-refractivity contribution in [2.24, 2.45) is 7.05 Å². The van der Waals surface area contributed by atoms with Crippen LogP contribution in [0.1, 0.15) is 11.3 Å². The van der Waals surface area contributed by atoms with Crippen molar-refractivity contribution in [1.29, 1.82) is 0 Å². The zero-order valence-corrected chi connectivity index (χ0v) is 11.7. The minimum atomic E-state index is -0.237. The van der Waals surface area contributed by atoms with Crippen LogP contribution in [0.3, 0.4) is 0 Å². The van der Waals surface area contributed by atoms with Gasteiger partial charge in [0.1, 0.15) is 5.82 Å². The molecule has 0 saturated heterocycles. The average Bonchev–Trinajstić information content (AvgIpc) is 2.79. The summed E-state index contributed by atoms with van der Waals surface area (Å²) in [5.41, 5.74) is 3.93. The van der Waals surface area contributed by atoms with E-state index in [-0.39, 0.29) is 5.82 Å². The second kappa shape index (κ2) is 4.03. The van der Waals surface area contributed by atoms with Crippen LogP contribution in [0.2, 0.25) is 0 Å². The fraction of sp³-hybridized carbons (Fsp3) is 0.231. The molecule has 0 aliphatic heterocycles. The summed E-state index contributed by atoms with van der Waals surface area (Å²) in [5.74, 6) is -0.237. The number of rotatable bonds is 1. The second-order valence-electron chi connectivity index (χ2n) is 4.66. The van der Waals surface area contributed by atoms with Gasteiger partial charge in [0.05, 0.1) is 22.4 Å². The summed E-state index contributed by atoms with van der Waals surface area (Å²) in [5, 5.41) is 4.32. The molecular formula is C13H13FN4S. The summed E-state index contributed by atoms with van der Waals surface area (Å²) < 4.78 is 17.8. The number of hydrogen-bond donors (Lipinski definition) is 1. The summed E-state index contributed by atoms with van der Waals surface area (Å²) in [6.07, 6.45) is 1.90. The van der Waals surface area contributed by atoms with E-state index in [9.17, 15) is 4.39 Å². The van der Waals surface area contributed by atoms with Crippen LogP contribution in [0.4, 0.5) is 4.39 Å². The van der Waals surface area contributed by atoms with Gasteiger partial charge in [-0.05, 0) is 43.8 Å². The smallest absolute Gasteiger partial charge is 0.182 e. The number of benzene rings is 1.